The zero-order valence-corrected chi connectivity index (χ0v) is 16.0. The zero-order chi connectivity index (χ0) is 19.2. The first kappa shape index (κ1) is 18.1. The number of aromatic amines is 1. The Morgan fingerprint density at radius 1 is 1.27 bits per heavy atom. The molecule has 0 fully saturated rings. The number of hydrogen-bond donors (Lipinski definition) is 1. The van der Waals surface area contributed by atoms with Crippen molar-refractivity contribution >= 4 is 33.3 Å². The van der Waals surface area contributed by atoms with Crippen molar-refractivity contribution in [3.63, 3.8) is 0 Å². The number of nitrogens with one attached hydrogen (secondary N) is 1. The number of rotatable bonds is 4. The molecule has 0 radical (unpaired) electrons. The van der Waals surface area contributed by atoms with Crippen LogP contribution in [0.5, 0.6) is 0 Å². The number of ether oxygens (including phenoxy) is 1. The van der Waals surface area contributed by atoms with Gasteiger partial charge in [0.1, 0.15) is 15.5 Å². The molecule has 3 rings (SSSR count). The van der Waals surface area contributed by atoms with Crippen LogP contribution in [0.2, 0.25) is 0 Å². The van der Waals surface area contributed by atoms with E-state index in [1.165, 1.54) is 0 Å². The molecule has 3 aromatic heterocycles. The van der Waals surface area contributed by atoms with Crippen LogP contribution in [0.25, 0.3) is 10.2 Å². The number of aryl methyl sites for hydroxylation is 3. The first-order valence-electron chi connectivity index (χ1n) is 8.04. The summed E-state index contributed by atoms with van der Waals surface area (Å²) < 4.78 is 7.11. The topological polar surface area (TPSA) is 94.0 Å². The fourth-order valence-electron chi connectivity index (χ4n) is 2.86. The zero-order valence-electron chi connectivity index (χ0n) is 15.2. The molecule has 1 N–H and O–H groups in total. The molecular weight excluding hydrogens is 354 g/mol. The summed E-state index contributed by atoms with van der Waals surface area (Å²) in [6, 6.07) is 1.78. The van der Waals surface area contributed by atoms with Crippen LogP contribution in [-0.2, 0) is 11.8 Å². The number of fused-ring (bicyclic) bond motifs is 1. The number of aromatic nitrogens is 3. The first-order chi connectivity index (χ1) is 12.2. The van der Waals surface area contributed by atoms with Crippen LogP contribution in [0.4, 0.5) is 0 Å². The minimum atomic E-state index is -0.624. The van der Waals surface area contributed by atoms with Gasteiger partial charge in [0.15, 0.2) is 6.61 Å². The number of thiophene rings is 1. The molecule has 0 saturated heterocycles. The minimum Gasteiger partial charge on any atom is -0.453 e. The van der Waals surface area contributed by atoms with Gasteiger partial charge in [0.2, 0.25) is 5.78 Å². The quantitative estimate of drug-likeness (QED) is 0.560. The second-order valence-electron chi connectivity index (χ2n) is 6.23. The Bertz CT molecular complexity index is 1100. The average molecular weight is 373 g/mol. The van der Waals surface area contributed by atoms with Crippen molar-refractivity contribution in [1.29, 1.82) is 0 Å². The predicted octanol–water partition coefficient (Wildman–Crippen LogP) is 2.60. The second-order valence-corrected chi connectivity index (χ2v) is 7.23. The summed E-state index contributed by atoms with van der Waals surface area (Å²) in [5.74, 6) is -0.403. The van der Waals surface area contributed by atoms with Crippen molar-refractivity contribution in [3.05, 3.63) is 49.6 Å². The van der Waals surface area contributed by atoms with Gasteiger partial charge in [-0.1, -0.05) is 0 Å². The molecule has 0 bridgehead atoms. The average Bonchev–Trinajstić information content (AvgIpc) is 3.04. The normalized spacial score (nSPS) is 11.1. The van der Waals surface area contributed by atoms with E-state index in [1.54, 1.807) is 19.9 Å². The highest BCUT2D eigenvalue weighted by molar-refractivity contribution is 7.20. The molecule has 8 heteroatoms. The van der Waals surface area contributed by atoms with E-state index in [1.807, 2.05) is 25.5 Å². The summed E-state index contributed by atoms with van der Waals surface area (Å²) in [5, 5.41) is 0.383. The standard InChI is InChI=1S/C18H19N3O4S/c1-8-6-12(10(3)21(8)5)13(22)7-25-18(24)15-9(2)14-16(23)19-11(4)20-17(14)26-15/h6H,7H2,1-5H3,(H,19,20,23). The summed E-state index contributed by atoms with van der Waals surface area (Å²) in [5.41, 5.74) is 2.56. The van der Waals surface area contributed by atoms with Crippen LogP contribution in [-0.4, -0.2) is 32.9 Å². The van der Waals surface area contributed by atoms with Crippen molar-refractivity contribution in [3.8, 4) is 0 Å². The fourth-order valence-corrected chi connectivity index (χ4v) is 3.98. The molecule has 3 heterocycles. The molecule has 0 atom stereocenters. The molecule has 0 aliphatic carbocycles. The lowest BCUT2D eigenvalue weighted by Gasteiger charge is -2.04. The van der Waals surface area contributed by atoms with Gasteiger partial charge >= 0.3 is 5.97 Å². The van der Waals surface area contributed by atoms with Gasteiger partial charge < -0.3 is 14.3 Å². The van der Waals surface area contributed by atoms with Crippen LogP contribution in [0, 0.1) is 27.7 Å². The third-order valence-corrected chi connectivity index (χ3v) is 5.68. The van der Waals surface area contributed by atoms with Crippen molar-refractivity contribution in [2.45, 2.75) is 27.7 Å². The number of carbonyl (C=O) groups is 2. The van der Waals surface area contributed by atoms with Gasteiger partial charge in [-0.25, -0.2) is 9.78 Å². The Balaban J connectivity index is 1.82. The molecule has 7 nitrogen and oxygen atoms in total. The molecule has 136 valence electrons. The molecule has 0 aliphatic rings. The summed E-state index contributed by atoms with van der Waals surface area (Å²) in [7, 11) is 1.88. The van der Waals surface area contributed by atoms with Crippen LogP contribution >= 0.6 is 11.3 Å². The highest BCUT2D eigenvalue weighted by atomic mass is 32.1. The highest BCUT2D eigenvalue weighted by Gasteiger charge is 2.22. The van der Waals surface area contributed by atoms with Crippen molar-refractivity contribution in [1.82, 2.24) is 14.5 Å². The van der Waals surface area contributed by atoms with Gasteiger partial charge in [-0.15, -0.1) is 11.3 Å². The Morgan fingerprint density at radius 2 is 1.96 bits per heavy atom. The molecule has 0 spiro atoms. The van der Waals surface area contributed by atoms with Crippen molar-refractivity contribution in [2.75, 3.05) is 6.61 Å². The largest absolute Gasteiger partial charge is 0.453 e. The number of hydrogen-bond acceptors (Lipinski definition) is 6. The maximum Gasteiger partial charge on any atom is 0.349 e. The van der Waals surface area contributed by atoms with Crippen LogP contribution in [0.1, 0.15) is 42.8 Å². The van der Waals surface area contributed by atoms with Gasteiger partial charge in [-0.05, 0) is 39.3 Å². The third-order valence-electron chi connectivity index (χ3n) is 4.51. The van der Waals surface area contributed by atoms with Crippen molar-refractivity contribution in [2.24, 2.45) is 7.05 Å². The maximum absolute atomic E-state index is 12.4. The predicted molar refractivity (Wildman–Crippen MR) is 99.2 cm³/mol. The molecule has 0 amide bonds. The van der Waals surface area contributed by atoms with E-state index >= 15 is 0 Å². The molecule has 0 unspecified atom stereocenters. The van der Waals surface area contributed by atoms with E-state index in [0.29, 0.717) is 27.2 Å². The number of carbonyl (C=O) groups excluding carboxylic acids is 2. The number of esters is 1. The van der Waals surface area contributed by atoms with E-state index in [4.69, 9.17) is 4.74 Å². The van der Waals surface area contributed by atoms with Gasteiger partial charge in [0, 0.05) is 24.0 Å². The molecular formula is C18H19N3O4S. The summed E-state index contributed by atoms with van der Waals surface area (Å²) in [4.78, 5) is 44.5. The van der Waals surface area contributed by atoms with Crippen LogP contribution in [0.15, 0.2) is 10.9 Å². The first-order valence-corrected chi connectivity index (χ1v) is 8.85. The highest BCUT2D eigenvalue weighted by Crippen LogP contribution is 2.27. The number of nitrogens with zero attached hydrogens (tertiary/aromatic N) is 2. The molecule has 0 saturated carbocycles. The van der Waals surface area contributed by atoms with Gasteiger partial charge in [0.25, 0.3) is 5.56 Å². The lowest BCUT2D eigenvalue weighted by Crippen LogP contribution is -2.15. The van der Waals surface area contributed by atoms with E-state index in [2.05, 4.69) is 9.97 Å². The molecule has 26 heavy (non-hydrogen) atoms. The van der Waals surface area contributed by atoms with Crippen molar-refractivity contribution < 1.29 is 14.3 Å². The lowest BCUT2D eigenvalue weighted by atomic mass is 10.1. The van der Waals surface area contributed by atoms with E-state index in [-0.39, 0.29) is 22.8 Å². The van der Waals surface area contributed by atoms with E-state index in [0.717, 1.165) is 22.7 Å². The maximum atomic E-state index is 12.4. The molecule has 0 aromatic carbocycles. The summed E-state index contributed by atoms with van der Waals surface area (Å²) in [6.45, 7) is 6.76. The molecule has 3 aromatic rings. The number of H-pyrrole nitrogens is 1. The minimum absolute atomic E-state index is 0.259. The van der Waals surface area contributed by atoms with Gasteiger partial charge in [-0.2, -0.15) is 0 Å². The fraction of sp³-hybridized carbons (Fsp3) is 0.333. The summed E-state index contributed by atoms with van der Waals surface area (Å²) >= 11 is 1.10. The van der Waals surface area contributed by atoms with Gasteiger partial charge in [0.05, 0.1) is 5.39 Å². The second kappa shape index (κ2) is 6.53. The van der Waals surface area contributed by atoms with Crippen LogP contribution < -0.4 is 5.56 Å². The third kappa shape index (κ3) is 2.96. The lowest BCUT2D eigenvalue weighted by molar-refractivity contribution is 0.0479. The monoisotopic (exact) mass is 373 g/mol. The van der Waals surface area contributed by atoms with Gasteiger partial charge in [-0.3, -0.25) is 9.59 Å². The Kier molecular flexibility index (Phi) is 4.53. The molecule has 0 aliphatic heterocycles. The Morgan fingerprint density at radius 3 is 2.58 bits per heavy atom. The number of ketones is 1. The SMILES string of the molecule is Cc1nc2sc(C(=O)OCC(=O)c3cc(C)n(C)c3C)c(C)c2c(=O)[nH]1. The number of Topliss-reactive ketones (excluding diaryl/α,β-unsaturated/α-hetero) is 1. The summed E-state index contributed by atoms with van der Waals surface area (Å²) in [6.07, 6.45) is 0. The van der Waals surface area contributed by atoms with Crippen LogP contribution in [0.3, 0.4) is 0 Å². The Labute approximate surface area is 153 Å². The van der Waals surface area contributed by atoms with E-state index < -0.39 is 5.97 Å². The smallest absolute Gasteiger partial charge is 0.349 e. The van der Waals surface area contributed by atoms with E-state index in [9.17, 15) is 14.4 Å². The Hall–Kier alpha value is -2.74.